The normalized spacial score (nSPS) is 49.0. The molecule has 0 aromatic carbocycles. The second kappa shape index (κ2) is 6.17. The van der Waals surface area contributed by atoms with E-state index in [9.17, 15) is 9.59 Å². The van der Waals surface area contributed by atoms with Gasteiger partial charge in [0.15, 0.2) is 5.78 Å². The average Bonchev–Trinajstić information content (AvgIpc) is 2.92. The molecule has 29 heavy (non-hydrogen) atoms. The average molecular weight is 395 g/mol. The summed E-state index contributed by atoms with van der Waals surface area (Å²) in [6.07, 6.45) is 11.9. The molecule has 0 unspecified atom stereocenters. The Hall–Kier alpha value is -1.18. The van der Waals surface area contributed by atoms with Gasteiger partial charge in [0.05, 0.1) is 0 Å². The van der Waals surface area contributed by atoms with Gasteiger partial charge in [-0.1, -0.05) is 30.6 Å². The van der Waals surface area contributed by atoms with Crippen molar-refractivity contribution in [1.29, 1.82) is 0 Å². The minimum Gasteiger partial charge on any atom is -0.299 e. The number of Topliss-reactive ketones (excluding diaryl/α,β-unsaturated/α-hetero) is 1. The molecule has 0 saturated heterocycles. The first-order chi connectivity index (χ1) is 13.6. The third kappa shape index (κ3) is 2.35. The SMILES string of the molecule is CC(=O)[C@]12CC(C)=C(C)C[C@H]1C[C@H]1[C@@H]3CCC4=CC(=O)CC[C@]4(C)[C@@H]3CC[C@]12C. The number of fused-ring (bicyclic) bond motifs is 7. The van der Waals surface area contributed by atoms with Gasteiger partial charge in [0.2, 0.25) is 0 Å². The fourth-order valence-corrected chi connectivity index (χ4v) is 9.37. The van der Waals surface area contributed by atoms with Gasteiger partial charge < -0.3 is 0 Å². The molecule has 3 saturated carbocycles. The Balaban J connectivity index is 1.56. The Morgan fingerprint density at radius 2 is 1.79 bits per heavy atom. The first-order valence-electron chi connectivity index (χ1n) is 12.0. The molecule has 0 bridgehead atoms. The fraction of sp³-hybridized carbons (Fsp3) is 0.778. The standard InChI is InChI=1S/C27H38O2/c1-16-12-20-14-24-22-7-6-19-13-21(29)8-10-25(19,4)23(22)9-11-26(24,5)27(20,18(3)28)15-17(16)2/h13,20,22-24H,6-12,14-15H2,1-5H3/t20-,22+,23+,24-,25-,26+,27+/m0/s1. The predicted octanol–water partition coefficient (Wildman–Crippen LogP) is 6.45. The number of allylic oxidation sites excluding steroid dienone is 3. The summed E-state index contributed by atoms with van der Waals surface area (Å²) in [5.74, 6) is 3.44. The molecule has 0 aliphatic heterocycles. The van der Waals surface area contributed by atoms with Crippen LogP contribution in [0.1, 0.15) is 92.4 Å². The number of ketones is 2. The molecule has 0 amide bonds. The summed E-state index contributed by atoms with van der Waals surface area (Å²) in [5, 5.41) is 0. The third-order valence-corrected chi connectivity index (χ3v) is 11.1. The van der Waals surface area contributed by atoms with Gasteiger partial charge in [-0.15, -0.1) is 0 Å². The Kier molecular flexibility index (Phi) is 4.21. The van der Waals surface area contributed by atoms with E-state index in [1.165, 1.54) is 42.4 Å². The van der Waals surface area contributed by atoms with E-state index in [1.807, 2.05) is 13.0 Å². The van der Waals surface area contributed by atoms with Crippen LogP contribution in [0.25, 0.3) is 0 Å². The fourth-order valence-electron chi connectivity index (χ4n) is 9.37. The Morgan fingerprint density at radius 1 is 1.03 bits per heavy atom. The smallest absolute Gasteiger partial charge is 0.155 e. The van der Waals surface area contributed by atoms with E-state index >= 15 is 0 Å². The van der Waals surface area contributed by atoms with E-state index in [4.69, 9.17) is 0 Å². The lowest BCUT2D eigenvalue weighted by molar-refractivity contribution is -0.145. The first kappa shape index (κ1) is 19.8. The van der Waals surface area contributed by atoms with Crippen molar-refractivity contribution < 1.29 is 9.59 Å². The van der Waals surface area contributed by atoms with Crippen LogP contribution in [-0.2, 0) is 9.59 Å². The van der Waals surface area contributed by atoms with Gasteiger partial charge in [-0.2, -0.15) is 0 Å². The summed E-state index contributed by atoms with van der Waals surface area (Å²) in [6.45, 7) is 11.4. The number of hydrogen-bond acceptors (Lipinski definition) is 2. The van der Waals surface area contributed by atoms with E-state index in [1.54, 1.807) is 0 Å². The second-order valence-corrected chi connectivity index (χ2v) is 11.8. The maximum atomic E-state index is 13.3. The molecule has 0 spiro atoms. The van der Waals surface area contributed by atoms with Gasteiger partial charge in [-0.05, 0) is 113 Å². The van der Waals surface area contributed by atoms with Crippen LogP contribution in [0.3, 0.4) is 0 Å². The van der Waals surface area contributed by atoms with E-state index < -0.39 is 0 Å². The highest BCUT2D eigenvalue weighted by Gasteiger charge is 2.69. The number of hydrogen-bond donors (Lipinski definition) is 0. The first-order valence-corrected chi connectivity index (χ1v) is 12.0. The van der Waals surface area contributed by atoms with Crippen LogP contribution in [0.2, 0.25) is 0 Å². The number of rotatable bonds is 1. The zero-order valence-electron chi connectivity index (χ0n) is 19.1. The molecule has 5 aliphatic carbocycles. The van der Waals surface area contributed by atoms with E-state index in [2.05, 4.69) is 27.7 Å². The van der Waals surface area contributed by atoms with Crippen molar-refractivity contribution in [3.05, 3.63) is 22.8 Å². The number of carbonyl (C=O) groups is 2. The molecule has 0 aromatic rings. The molecule has 0 aromatic heterocycles. The van der Waals surface area contributed by atoms with Gasteiger partial charge in [-0.3, -0.25) is 9.59 Å². The van der Waals surface area contributed by atoms with Crippen LogP contribution >= 0.6 is 0 Å². The zero-order chi connectivity index (χ0) is 20.8. The highest BCUT2D eigenvalue weighted by molar-refractivity contribution is 5.91. The molecule has 3 fully saturated rings. The zero-order valence-corrected chi connectivity index (χ0v) is 19.1. The summed E-state index contributed by atoms with van der Waals surface area (Å²) < 4.78 is 0. The highest BCUT2D eigenvalue weighted by atomic mass is 16.1. The molecule has 158 valence electrons. The molecule has 0 radical (unpaired) electrons. The largest absolute Gasteiger partial charge is 0.299 e. The van der Waals surface area contributed by atoms with Gasteiger partial charge in [0, 0.05) is 11.8 Å². The molecule has 7 atom stereocenters. The van der Waals surface area contributed by atoms with Crippen LogP contribution in [0.4, 0.5) is 0 Å². The van der Waals surface area contributed by atoms with Crippen LogP contribution in [-0.4, -0.2) is 11.6 Å². The summed E-state index contributed by atoms with van der Waals surface area (Å²) >= 11 is 0. The quantitative estimate of drug-likeness (QED) is 0.479. The van der Waals surface area contributed by atoms with E-state index in [0.717, 1.165) is 38.0 Å². The molecule has 2 heteroatoms. The minimum absolute atomic E-state index is 0.133. The molecule has 0 heterocycles. The maximum Gasteiger partial charge on any atom is 0.155 e. The van der Waals surface area contributed by atoms with Crippen LogP contribution < -0.4 is 0 Å². The van der Waals surface area contributed by atoms with Crippen molar-refractivity contribution >= 4 is 11.6 Å². The Morgan fingerprint density at radius 3 is 2.52 bits per heavy atom. The molecular formula is C27H38O2. The maximum absolute atomic E-state index is 13.3. The molecule has 5 aliphatic rings. The van der Waals surface area contributed by atoms with Crippen molar-refractivity contribution in [2.24, 2.45) is 39.9 Å². The minimum atomic E-state index is -0.133. The van der Waals surface area contributed by atoms with Crippen LogP contribution in [0.5, 0.6) is 0 Å². The topological polar surface area (TPSA) is 34.1 Å². The molecule has 2 nitrogen and oxygen atoms in total. The van der Waals surface area contributed by atoms with Crippen molar-refractivity contribution in [2.75, 3.05) is 0 Å². The Bertz CT molecular complexity index is 847. The Labute approximate surface area is 176 Å². The lowest BCUT2D eigenvalue weighted by atomic mass is 9.43. The summed E-state index contributed by atoms with van der Waals surface area (Å²) in [6, 6.07) is 0. The van der Waals surface area contributed by atoms with Gasteiger partial charge in [-0.25, -0.2) is 0 Å². The summed E-state index contributed by atoms with van der Waals surface area (Å²) in [5.41, 5.74) is 4.70. The van der Waals surface area contributed by atoms with Crippen molar-refractivity contribution in [3.63, 3.8) is 0 Å². The molecule has 5 rings (SSSR count). The van der Waals surface area contributed by atoms with Gasteiger partial charge in [0.1, 0.15) is 5.78 Å². The lowest BCUT2D eigenvalue weighted by Gasteiger charge is -2.60. The van der Waals surface area contributed by atoms with Crippen LogP contribution in [0, 0.1) is 39.9 Å². The summed E-state index contributed by atoms with van der Waals surface area (Å²) in [7, 11) is 0. The predicted molar refractivity (Wildman–Crippen MR) is 116 cm³/mol. The lowest BCUT2D eigenvalue weighted by Crippen LogP contribution is -2.55. The summed E-state index contributed by atoms with van der Waals surface area (Å²) in [4.78, 5) is 25.4. The number of carbonyl (C=O) groups excluding carboxylic acids is 2. The molecule has 0 N–H and O–H groups in total. The second-order valence-electron chi connectivity index (χ2n) is 11.8. The van der Waals surface area contributed by atoms with Gasteiger partial charge in [0.25, 0.3) is 0 Å². The van der Waals surface area contributed by atoms with Crippen molar-refractivity contribution in [3.8, 4) is 0 Å². The van der Waals surface area contributed by atoms with Crippen molar-refractivity contribution in [1.82, 2.24) is 0 Å². The van der Waals surface area contributed by atoms with Gasteiger partial charge >= 0.3 is 0 Å². The van der Waals surface area contributed by atoms with E-state index in [-0.39, 0.29) is 16.2 Å². The molecular weight excluding hydrogens is 356 g/mol. The van der Waals surface area contributed by atoms with Crippen molar-refractivity contribution in [2.45, 2.75) is 92.4 Å². The van der Waals surface area contributed by atoms with Crippen LogP contribution in [0.15, 0.2) is 22.8 Å². The monoisotopic (exact) mass is 394 g/mol. The van der Waals surface area contributed by atoms with E-state index in [0.29, 0.717) is 29.3 Å². The third-order valence-electron chi connectivity index (χ3n) is 11.1. The highest BCUT2D eigenvalue weighted by Crippen LogP contribution is 2.74.